The number of sulfonamides is 2. The van der Waals surface area contributed by atoms with E-state index >= 15 is 0 Å². The quantitative estimate of drug-likeness (QED) is 0.438. The fraction of sp³-hybridized carbons (Fsp3) is 1.00. The number of halogens is 3. The first kappa shape index (κ1) is 20.7. The van der Waals surface area contributed by atoms with Crippen LogP contribution in [-0.2, 0) is 20.0 Å². The van der Waals surface area contributed by atoms with E-state index in [1.54, 1.807) is 0 Å². The summed E-state index contributed by atoms with van der Waals surface area (Å²) in [5.74, 6) is -0.603. The molecular formula is C12H23F3N2O4S2. The van der Waals surface area contributed by atoms with Gasteiger partial charge >= 0.3 is 15.5 Å². The molecule has 1 rings (SSSR count). The van der Waals surface area contributed by atoms with Crippen LogP contribution in [0.5, 0.6) is 0 Å². The lowest BCUT2D eigenvalue weighted by atomic mass is 10.1. The number of hydrogen-bond acceptors (Lipinski definition) is 5. The standard InChI is InChI=1S/C12H23F3N2O4S2/c1-2-3-4-5-6-7-8-9-22(18,19)17(11-10-16-11)23(20,21)12(13,14)15/h11,16H,2-10H2,1H3. The fourth-order valence-corrected chi connectivity index (χ4v) is 5.79. The number of nitrogens with zero attached hydrogens (tertiary/aromatic N) is 1. The number of nitrogens with one attached hydrogen (secondary N) is 1. The fourth-order valence-electron chi connectivity index (χ4n) is 2.15. The Labute approximate surface area is 135 Å². The van der Waals surface area contributed by atoms with E-state index in [1.165, 1.54) is 0 Å². The van der Waals surface area contributed by atoms with Crippen LogP contribution < -0.4 is 5.32 Å². The minimum absolute atomic E-state index is 0.106. The molecule has 1 unspecified atom stereocenters. The molecule has 1 fully saturated rings. The minimum Gasteiger partial charge on any atom is -0.296 e. The molecule has 138 valence electrons. The van der Waals surface area contributed by atoms with Gasteiger partial charge in [-0.1, -0.05) is 49.2 Å². The topological polar surface area (TPSA) is 93.5 Å². The van der Waals surface area contributed by atoms with Gasteiger partial charge in [-0.15, -0.1) is 0 Å². The van der Waals surface area contributed by atoms with Crippen molar-refractivity contribution in [1.82, 2.24) is 9.03 Å². The van der Waals surface area contributed by atoms with Crippen LogP contribution in [0.4, 0.5) is 13.2 Å². The molecule has 0 aliphatic carbocycles. The zero-order chi connectivity index (χ0) is 17.7. The number of unbranched alkanes of at least 4 members (excludes halogenated alkanes) is 6. The van der Waals surface area contributed by atoms with Gasteiger partial charge in [-0.25, -0.2) is 16.8 Å². The highest BCUT2D eigenvalue weighted by molar-refractivity contribution is 8.04. The molecule has 0 spiro atoms. The Kier molecular flexibility index (Phi) is 7.30. The third-order valence-electron chi connectivity index (χ3n) is 3.45. The third-order valence-corrected chi connectivity index (χ3v) is 7.64. The predicted octanol–water partition coefficient (Wildman–Crippen LogP) is 2.15. The Balaban J connectivity index is 2.62. The van der Waals surface area contributed by atoms with Crippen LogP contribution in [0.3, 0.4) is 0 Å². The van der Waals surface area contributed by atoms with Gasteiger partial charge in [0, 0.05) is 6.54 Å². The maximum atomic E-state index is 12.6. The monoisotopic (exact) mass is 380 g/mol. The van der Waals surface area contributed by atoms with Crippen LogP contribution in [0.25, 0.3) is 0 Å². The van der Waals surface area contributed by atoms with Crippen molar-refractivity contribution >= 4 is 20.0 Å². The van der Waals surface area contributed by atoms with Crippen LogP contribution in [0.15, 0.2) is 0 Å². The van der Waals surface area contributed by atoms with Crippen molar-refractivity contribution in [3.8, 4) is 0 Å². The summed E-state index contributed by atoms with van der Waals surface area (Å²) >= 11 is 0. The maximum absolute atomic E-state index is 12.6. The van der Waals surface area contributed by atoms with Crippen LogP contribution in [-0.4, -0.2) is 44.5 Å². The number of alkyl halides is 3. The number of rotatable bonds is 11. The largest absolute Gasteiger partial charge is 0.512 e. The molecule has 1 atom stereocenters. The van der Waals surface area contributed by atoms with Gasteiger partial charge in [0.15, 0.2) is 0 Å². The van der Waals surface area contributed by atoms with E-state index in [1.807, 2.05) is 0 Å². The minimum atomic E-state index is -5.90. The summed E-state index contributed by atoms with van der Waals surface area (Å²) < 4.78 is 84.6. The normalized spacial score (nSPS) is 19.3. The second-order valence-electron chi connectivity index (χ2n) is 5.54. The predicted molar refractivity (Wildman–Crippen MR) is 80.4 cm³/mol. The first-order valence-electron chi connectivity index (χ1n) is 7.61. The van der Waals surface area contributed by atoms with E-state index in [0.717, 1.165) is 32.1 Å². The van der Waals surface area contributed by atoms with Crippen molar-refractivity contribution < 1.29 is 30.0 Å². The summed E-state index contributed by atoms with van der Waals surface area (Å²) in [5.41, 5.74) is -5.63. The van der Waals surface area contributed by atoms with Crippen molar-refractivity contribution in [2.24, 2.45) is 0 Å². The van der Waals surface area contributed by atoms with E-state index in [9.17, 15) is 30.0 Å². The van der Waals surface area contributed by atoms with E-state index in [-0.39, 0.29) is 13.0 Å². The van der Waals surface area contributed by atoms with Crippen molar-refractivity contribution in [1.29, 1.82) is 0 Å². The van der Waals surface area contributed by atoms with Crippen molar-refractivity contribution in [2.75, 3.05) is 12.3 Å². The molecule has 0 saturated carbocycles. The first-order chi connectivity index (χ1) is 10.5. The van der Waals surface area contributed by atoms with E-state index in [0.29, 0.717) is 6.42 Å². The summed E-state index contributed by atoms with van der Waals surface area (Å²) in [6, 6.07) is 0. The molecule has 1 aliphatic rings. The zero-order valence-electron chi connectivity index (χ0n) is 13.0. The van der Waals surface area contributed by atoms with Gasteiger partial charge in [-0.3, -0.25) is 5.32 Å². The summed E-state index contributed by atoms with van der Waals surface area (Å²) in [6.07, 6.45) is 4.27. The van der Waals surface area contributed by atoms with Crippen molar-refractivity contribution in [2.45, 2.75) is 63.5 Å². The summed E-state index contributed by atoms with van der Waals surface area (Å²) in [5, 5.41) is 2.31. The van der Waals surface area contributed by atoms with E-state index < -0.39 is 41.2 Å². The second-order valence-corrected chi connectivity index (χ2v) is 9.54. The molecule has 1 saturated heterocycles. The molecule has 1 N–H and O–H groups in total. The van der Waals surface area contributed by atoms with Crippen LogP contribution in [0.1, 0.15) is 51.9 Å². The number of hydrogen-bond donors (Lipinski definition) is 1. The lowest BCUT2D eigenvalue weighted by molar-refractivity contribution is -0.0471. The zero-order valence-corrected chi connectivity index (χ0v) is 14.6. The molecule has 0 bridgehead atoms. The Morgan fingerprint density at radius 1 is 1.00 bits per heavy atom. The maximum Gasteiger partial charge on any atom is 0.512 e. The van der Waals surface area contributed by atoms with Gasteiger partial charge < -0.3 is 0 Å². The molecule has 23 heavy (non-hydrogen) atoms. The molecule has 0 amide bonds. The first-order valence-corrected chi connectivity index (χ1v) is 10.7. The SMILES string of the molecule is CCCCCCCCCS(=O)(=O)N(C1CN1)S(=O)(=O)C(F)(F)F. The van der Waals surface area contributed by atoms with Crippen LogP contribution in [0.2, 0.25) is 0 Å². The Hall–Kier alpha value is -0.390. The van der Waals surface area contributed by atoms with Crippen molar-refractivity contribution in [3.05, 3.63) is 0 Å². The smallest absolute Gasteiger partial charge is 0.296 e. The molecule has 0 radical (unpaired) electrons. The molecule has 6 nitrogen and oxygen atoms in total. The Bertz CT molecular complexity index is 572. The molecular weight excluding hydrogens is 357 g/mol. The van der Waals surface area contributed by atoms with Crippen LogP contribution >= 0.6 is 0 Å². The highest BCUT2D eigenvalue weighted by Crippen LogP contribution is 2.32. The van der Waals surface area contributed by atoms with Gasteiger partial charge in [0.05, 0.1) is 5.75 Å². The third kappa shape index (κ3) is 5.87. The van der Waals surface area contributed by atoms with Gasteiger partial charge in [0.2, 0.25) is 10.0 Å². The Morgan fingerprint density at radius 3 is 1.91 bits per heavy atom. The molecule has 0 aromatic rings. The molecule has 1 heterocycles. The molecule has 1 aliphatic heterocycles. The average Bonchev–Trinajstić information content (AvgIpc) is 3.20. The molecule has 0 aromatic carbocycles. The lowest BCUT2D eigenvalue weighted by Crippen LogP contribution is -2.47. The van der Waals surface area contributed by atoms with E-state index in [4.69, 9.17) is 0 Å². The highest BCUT2D eigenvalue weighted by atomic mass is 32.3. The van der Waals surface area contributed by atoms with Gasteiger partial charge in [-0.2, -0.15) is 13.2 Å². The molecule has 0 aromatic heterocycles. The van der Waals surface area contributed by atoms with Gasteiger partial charge in [-0.05, 0) is 6.42 Å². The second kappa shape index (κ2) is 8.13. The van der Waals surface area contributed by atoms with Gasteiger partial charge in [0.25, 0.3) is 0 Å². The highest BCUT2D eigenvalue weighted by Gasteiger charge is 2.58. The molecule has 11 heteroatoms. The summed E-state index contributed by atoms with van der Waals surface area (Å²) in [7, 11) is -10.4. The van der Waals surface area contributed by atoms with Gasteiger partial charge in [0.1, 0.15) is 6.17 Å². The Morgan fingerprint density at radius 2 is 1.48 bits per heavy atom. The van der Waals surface area contributed by atoms with Crippen LogP contribution in [0, 0.1) is 0 Å². The van der Waals surface area contributed by atoms with E-state index in [2.05, 4.69) is 12.2 Å². The summed E-state index contributed by atoms with van der Waals surface area (Å²) in [4.78, 5) is 0. The summed E-state index contributed by atoms with van der Waals surface area (Å²) in [6.45, 7) is 1.96. The van der Waals surface area contributed by atoms with Crippen molar-refractivity contribution in [3.63, 3.8) is 0 Å². The average molecular weight is 380 g/mol. The lowest BCUT2D eigenvalue weighted by Gasteiger charge is -2.21.